The van der Waals surface area contributed by atoms with E-state index in [1.165, 1.54) is 11.3 Å². The van der Waals surface area contributed by atoms with Gasteiger partial charge in [-0.15, -0.1) is 0 Å². The predicted octanol–water partition coefficient (Wildman–Crippen LogP) is -0.0910. The normalized spacial score (nSPS) is 15.5. The lowest BCUT2D eigenvalue weighted by atomic mass is 10.2. The van der Waals surface area contributed by atoms with E-state index in [1.807, 2.05) is 11.7 Å². The zero-order valence-electron chi connectivity index (χ0n) is 6.50. The fourth-order valence-corrected chi connectivity index (χ4v) is 1.42. The molecular weight excluding hydrogens is 142 g/mol. The van der Waals surface area contributed by atoms with Crippen molar-refractivity contribution in [3.63, 3.8) is 0 Å². The molecule has 0 amide bonds. The van der Waals surface area contributed by atoms with Gasteiger partial charge in [-0.3, -0.25) is 4.68 Å². The van der Waals surface area contributed by atoms with Crippen molar-refractivity contribution in [2.45, 2.75) is 19.8 Å². The lowest BCUT2D eigenvalue weighted by molar-refractivity contribution is 0.129. The molecule has 0 aromatic carbocycles. The Morgan fingerprint density at radius 2 is 2.45 bits per heavy atom. The standard InChI is InChI=1S/C7H11N3O/c1-10-7-4-11-3-5(7)6(2-8)9-10/h2-4,8H2,1H3. The number of fused-ring (bicyclic) bond motifs is 1. The number of nitrogens with two attached hydrogens (primary N) is 1. The van der Waals surface area contributed by atoms with Gasteiger partial charge < -0.3 is 10.5 Å². The van der Waals surface area contributed by atoms with Crippen LogP contribution in [-0.4, -0.2) is 9.78 Å². The summed E-state index contributed by atoms with van der Waals surface area (Å²) in [5.74, 6) is 0. The predicted molar refractivity (Wildman–Crippen MR) is 39.6 cm³/mol. The van der Waals surface area contributed by atoms with Crippen LogP contribution in [0.4, 0.5) is 0 Å². The molecule has 4 nitrogen and oxygen atoms in total. The summed E-state index contributed by atoms with van der Waals surface area (Å²) in [7, 11) is 1.92. The van der Waals surface area contributed by atoms with Crippen LogP contribution in [-0.2, 0) is 31.5 Å². The molecule has 1 aliphatic rings. The van der Waals surface area contributed by atoms with E-state index in [9.17, 15) is 0 Å². The van der Waals surface area contributed by atoms with E-state index >= 15 is 0 Å². The van der Waals surface area contributed by atoms with Gasteiger partial charge in [-0.2, -0.15) is 5.10 Å². The van der Waals surface area contributed by atoms with Crippen molar-refractivity contribution in [3.8, 4) is 0 Å². The summed E-state index contributed by atoms with van der Waals surface area (Å²) < 4.78 is 7.11. The van der Waals surface area contributed by atoms with Crippen LogP contribution in [0.25, 0.3) is 0 Å². The Bertz CT molecular complexity index is 279. The summed E-state index contributed by atoms with van der Waals surface area (Å²) in [4.78, 5) is 0. The highest BCUT2D eigenvalue weighted by Gasteiger charge is 2.19. The van der Waals surface area contributed by atoms with Crippen LogP contribution in [0.2, 0.25) is 0 Å². The van der Waals surface area contributed by atoms with Gasteiger partial charge in [0.05, 0.1) is 24.6 Å². The van der Waals surface area contributed by atoms with Gasteiger partial charge in [0.1, 0.15) is 0 Å². The van der Waals surface area contributed by atoms with Gasteiger partial charge in [-0.05, 0) is 0 Å². The first kappa shape index (κ1) is 6.82. The highest BCUT2D eigenvalue weighted by molar-refractivity contribution is 5.27. The summed E-state index contributed by atoms with van der Waals surface area (Å²) in [6, 6.07) is 0. The summed E-state index contributed by atoms with van der Waals surface area (Å²) >= 11 is 0. The number of aryl methyl sites for hydroxylation is 1. The van der Waals surface area contributed by atoms with Crippen molar-refractivity contribution >= 4 is 0 Å². The Labute approximate surface area is 64.9 Å². The summed E-state index contributed by atoms with van der Waals surface area (Å²) in [5.41, 5.74) is 8.84. The van der Waals surface area contributed by atoms with Gasteiger partial charge in [0.15, 0.2) is 0 Å². The van der Waals surface area contributed by atoms with Gasteiger partial charge in [-0.1, -0.05) is 0 Å². The molecule has 60 valence electrons. The molecule has 0 saturated carbocycles. The highest BCUT2D eigenvalue weighted by atomic mass is 16.5. The molecule has 2 heterocycles. The van der Waals surface area contributed by atoms with Crippen molar-refractivity contribution in [1.82, 2.24) is 9.78 Å². The minimum Gasteiger partial charge on any atom is -0.370 e. The molecule has 1 aromatic rings. The molecule has 0 spiro atoms. The lowest BCUT2D eigenvalue weighted by Gasteiger charge is -1.94. The Balaban J connectivity index is 2.52. The third-order valence-corrected chi connectivity index (χ3v) is 2.04. The smallest absolute Gasteiger partial charge is 0.0893 e. The summed E-state index contributed by atoms with van der Waals surface area (Å²) in [5, 5.41) is 4.26. The highest BCUT2D eigenvalue weighted by Crippen LogP contribution is 2.21. The quantitative estimate of drug-likeness (QED) is 0.613. The fourth-order valence-electron chi connectivity index (χ4n) is 1.42. The van der Waals surface area contributed by atoms with Gasteiger partial charge in [0, 0.05) is 19.2 Å². The van der Waals surface area contributed by atoms with Crippen molar-refractivity contribution in [2.24, 2.45) is 12.8 Å². The minimum absolute atomic E-state index is 0.506. The molecule has 0 bridgehead atoms. The van der Waals surface area contributed by atoms with Crippen molar-refractivity contribution in [1.29, 1.82) is 0 Å². The number of aromatic nitrogens is 2. The molecule has 0 atom stereocenters. The van der Waals surface area contributed by atoms with E-state index in [2.05, 4.69) is 5.10 Å². The Hall–Kier alpha value is -0.870. The number of ether oxygens (including phenoxy) is 1. The van der Waals surface area contributed by atoms with Crippen LogP contribution < -0.4 is 5.73 Å². The van der Waals surface area contributed by atoms with Crippen LogP contribution in [0, 0.1) is 0 Å². The van der Waals surface area contributed by atoms with Gasteiger partial charge in [-0.25, -0.2) is 0 Å². The Morgan fingerprint density at radius 1 is 1.64 bits per heavy atom. The Morgan fingerprint density at radius 3 is 3.18 bits per heavy atom. The largest absolute Gasteiger partial charge is 0.370 e. The molecular formula is C7H11N3O. The van der Waals surface area contributed by atoms with Crippen LogP contribution in [0.3, 0.4) is 0 Å². The van der Waals surface area contributed by atoms with E-state index < -0.39 is 0 Å². The van der Waals surface area contributed by atoms with E-state index in [4.69, 9.17) is 10.5 Å². The average molecular weight is 153 g/mol. The number of rotatable bonds is 1. The molecule has 1 aliphatic heterocycles. The van der Waals surface area contributed by atoms with E-state index in [1.54, 1.807) is 0 Å². The maximum atomic E-state index is 5.50. The molecule has 4 heteroatoms. The SMILES string of the molecule is Cn1nc(CN)c2c1COC2. The molecule has 0 saturated heterocycles. The van der Waals surface area contributed by atoms with E-state index in [-0.39, 0.29) is 0 Å². The van der Waals surface area contributed by atoms with Crippen LogP contribution in [0.5, 0.6) is 0 Å². The third-order valence-electron chi connectivity index (χ3n) is 2.04. The molecule has 0 fully saturated rings. The number of hydrogen-bond acceptors (Lipinski definition) is 3. The van der Waals surface area contributed by atoms with Crippen LogP contribution in [0.1, 0.15) is 17.0 Å². The maximum Gasteiger partial charge on any atom is 0.0893 e. The molecule has 0 unspecified atom stereocenters. The first-order valence-corrected chi connectivity index (χ1v) is 3.64. The molecule has 2 N–H and O–H groups in total. The maximum absolute atomic E-state index is 5.50. The van der Waals surface area contributed by atoms with E-state index in [0.717, 1.165) is 5.69 Å². The second-order valence-corrected chi connectivity index (χ2v) is 2.69. The molecule has 11 heavy (non-hydrogen) atoms. The molecule has 1 aromatic heterocycles. The van der Waals surface area contributed by atoms with Crippen LogP contribution >= 0.6 is 0 Å². The second kappa shape index (κ2) is 2.32. The monoisotopic (exact) mass is 153 g/mol. The van der Waals surface area contributed by atoms with Gasteiger partial charge in [0.25, 0.3) is 0 Å². The molecule has 2 rings (SSSR count). The zero-order chi connectivity index (χ0) is 7.84. The van der Waals surface area contributed by atoms with Gasteiger partial charge >= 0.3 is 0 Å². The topological polar surface area (TPSA) is 53.1 Å². The van der Waals surface area contributed by atoms with Crippen LogP contribution in [0.15, 0.2) is 0 Å². The summed E-state index contributed by atoms with van der Waals surface area (Å²) in [6.07, 6.45) is 0. The van der Waals surface area contributed by atoms with E-state index in [0.29, 0.717) is 19.8 Å². The molecule has 0 aliphatic carbocycles. The second-order valence-electron chi connectivity index (χ2n) is 2.69. The first-order valence-electron chi connectivity index (χ1n) is 3.64. The number of nitrogens with zero attached hydrogens (tertiary/aromatic N) is 2. The zero-order valence-corrected chi connectivity index (χ0v) is 6.50. The molecule has 0 radical (unpaired) electrons. The third kappa shape index (κ3) is 0.868. The van der Waals surface area contributed by atoms with Crippen molar-refractivity contribution < 1.29 is 4.74 Å². The van der Waals surface area contributed by atoms with Crippen molar-refractivity contribution in [2.75, 3.05) is 0 Å². The number of hydrogen-bond donors (Lipinski definition) is 1. The minimum atomic E-state index is 0.506. The first-order chi connectivity index (χ1) is 5.33. The fraction of sp³-hybridized carbons (Fsp3) is 0.571. The van der Waals surface area contributed by atoms with Gasteiger partial charge in [0.2, 0.25) is 0 Å². The average Bonchev–Trinajstić information content (AvgIpc) is 2.54. The lowest BCUT2D eigenvalue weighted by Crippen LogP contribution is -2.02. The summed E-state index contributed by atoms with van der Waals surface area (Å²) in [6.45, 7) is 1.86. The Kier molecular flexibility index (Phi) is 1.44. The van der Waals surface area contributed by atoms with Crippen molar-refractivity contribution in [3.05, 3.63) is 17.0 Å².